The SMILES string of the molecule is Nc1ccc(-c2nc3cc(Cl)c(Cl)cc3o2)cc1. The molecule has 5 heteroatoms. The highest BCUT2D eigenvalue weighted by Gasteiger charge is 2.10. The third-order valence-corrected chi connectivity index (χ3v) is 3.31. The minimum absolute atomic E-state index is 0.448. The molecule has 0 spiro atoms. The molecule has 0 radical (unpaired) electrons. The van der Waals surface area contributed by atoms with E-state index in [4.69, 9.17) is 33.4 Å². The summed E-state index contributed by atoms with van der Waals surface area (Å²) in [5.41, 5.74) is 8.47. The smallest absolute Gasteiger partial charge is 0.227 e. The maximum atomic E-state index is 5.93. The van der Waals surface area contributed by atoms with E-state index < -0.39 is 0 Å². The van der Waals surface area contributed by atoms with E-state index in [2.05, 4.69) is 4.98 Å². The summed E-state index contributed by atoms with van der Waals surface area (Å²) in [6.45, 7) is 0. The Kier molecular flexibility index (Phi) is 2.65. The summed E-state index contributed by atoms with van der Waals surface area (Å²) >= 11 is 11.9. The van der Waals surface area contributed by atoms with Crippen molar-refractivity contribution in [2.75, 3.05) is 5.73 Å². The predicted octanol–water partition coefficient (Wildman–Crippen LogP) is 4.38. The Morgan fingerprint density at radius 1 is 1.00 bits per heavy atom. The first-order valence-electron chi connectivity index (χ1n) is 5.25. The van der Waals surface area contributed by atoms with Crippen LogP contribution in [0.25, 0.3) is 22.6 Å². The Morgan fingerprint density at radius 3 is 2.39 bits per heavy atom. The largest absolute Gasteiger partial charge is 0.436 e. The monoisotopic (exact) mass is 278 g/mol. The maximum absolute atomic E-state index is 5.93. The van der Waals surface area contributed by atoms with Gasteiger partial charge in [0.2, 0.25) is 5.89 Å². The number of hydrogen-bond donors (Lipinski definition) is 1. The molecule has 90 valence electrons. The number of nitrogen functional groups attached to an aromatic ring is 1. The molecule has 1 heterocycles. The summed E-state index contributed by atoms with van der Waals surface area (Å²) in [7, 11) is 0. The van der Waals surface area contributed by atoms with E-state index >= 15 is 0 Å². The maximum Gasteiger partial charge on any atom is 0.227 e. The molecule has 18 heavy (non-hydrogen) atoms. The highest BCUT2D eigenvalue weighted by atomic mass is 35.5. The minimum Gasteiger partial charge on any atom is -0.436 e. The standard InChI is InChI=1S/C13H8Cl2N2O/c14-9-5-11-12(6-10(9)15)18-13(17-11)7-1-3-8(16)4-2-7/h1-6H,16H2. The highest BCUT2D eigenvalue weighted by molar-refractivity contribution is 6.42. The van der Waals surface area contributed by atoms with E-state index in [0.29, 0.717) is 32.7 Å². The van der Waals surface area contributed by atoms with Crippen molar-refractivity contribution in [3.05, 3.63) is 46.4 Å². The van der Waals surface area contributed by atoms with Crippen LogP contribution >= 0.6 is 23.2 Å². The highest BCUT2D eigenvalue weighted by Crippen LogP contribution is 2.31. The zero-order valence-corrected chi connectivity index (χ0v) is 10.7. The molecule has 0 atom stereocenters. The Hall–Kier alpha value is -1.71. The van der Waals surface area contributed by atoms with Crippen LogP contribution in [-0.4, -0.2) is 4.98 Å². The Morgan fingerprint density at radius 2 is 1.67 bits per heavy atom. The van der Waals surface area contributed by atoms with Gasteiger partial charge in [-0.1, -0.05) is 23.2 Å². The van der Waals surface area contributed by atoms with Gasteiger partial charge in [0.25, 0.3) is 0 Å². The number of fused-ring (bicyclic) bond motifs is 1. The number of aromatic nitrogens is 1. The van der Waals surface area contributed by atoms with Crippen LogP contribution in [0.2, 0.25) is 10.0 Å². The van der Waals surface area contributed by atoms with Crippen molar-refractivity contribution in [2.24, 2.45) is 0 Å². The predicted molar refractivity (Wildman–Crippen MR) is 73.9 cm³/mol. The zero-order valence-electron chi connectivity index (χ0n) is 9.15. The number of hydrogen-bond acceptors (Lipinski definition) is 3. The quantitative estimate of drug-likeness (QED) is 0.672. The van der Waals surface area contributed by atoms with E-state index in [0.717, 1.165) is 5.56 Å². The molecule has 2 N–H and O–H groups in total. The molecule has 0 aliphatic carbocycles. The van der Waals surface area contributed by atoms with Crippen LogP contribution in [0.5, 0.6) is 0 Å². The van der Waals surface area contributed by atoms with Crippen LogP contribution in [-0.2, 0) is 0 Å². The summed E-state index contributed by atoms with van der Waals surface area (Å²) in [6, 6.07) is 10.6. The summed E-state index contributed by atoms with van der Waals surface area (Å²) < 4.78 is 5.63. The number of nitrogens with two attached hydrogens (primary N) is 1. The van der Waals surface area contributed by atoms with Gasteiger partial charge in [0.1, 0.15) is 5.52 Å². The third-order valence-electron chi connectivity index (χ3n) is 2.59. The van der Waals surface area contributed by atoms with Crippen molar-refractivity contribution < 1.29 is 4.42 Å². The number of benzene rings is 2. The van der Waals surface area contributed by atoms with Gasteiger partial charge >= 0.3 is 0 Å². The number of nitrogens with zero attached hydrogens (tertiary/aromatic N) is 1. The average Bonchev–Trinajstić information content (AvgIpc) is 2.73. The first-order chi connectivity index (χ1) is 8.63. The average molecular weight is 279 g/mol. The fraction of sp³-hybridized carbons (Fsp3) is 0. The molecule has 0 amide bonds. The Balaban J connectivity index is 2.16. The molecule has 3 nitrogen and oxygen atoms in total. The van der Waals surface area contributed by atoms with Crippen molar-refractivity contribution in [3.63, 3.8) is 0 Å². The van der Waals surface area contributed by atoms with E-state index in [9.17, 15) is 0 Å². The molecule has 3 rings (SSSR count). The molecule has 0 bridgehead atoms. The molecule has 0 unspecified atom stereocenters. The molecular weight excluding hydrogens is 271 g/mol. The van der Waals surface area contributed by atoms with Gasteiger partial charge in [0.15, 0.2) is 5.58 Å². The van der Waals surface area contributed by atoms with Gasteiger partial charge in [-0.2, -0.15) is 0 Å². The molecular formula is C13H8Cl2N2O. The van der Waals surface area contributed by atoms with Crippen LogP contribution in [0, 0.1) is 0 Å². The lowest BCUT2D eigenvalue weighted by molar-refractivity contribution is 0.620. The van der Waals surface area contributed by atoms with Gasteiger partial charge in [-0.3, -0.25) is 0 Å². The number of rotatable bonds is 1. The van der Waals surface area contributed by atoms with Crippen LogP contribution in [0.3, 0.4) is 0 Å². The zero-order chi connectivity index (χ0) is 12.7. The van der Waals surface area contributed by atoms with Crippen LogP contribution in [0.4, 0.5) is 5.69 Å². The molecule has 0 saturated heterocycles. The molecule has 0 aliphatic rings. The van der Waals surface area contributed by atoms with Crippen molar-refractivity contribution in [3.8, 4) is 11.5 Å². The fourth-order valence-electron chi connectivity index (χ4n) is 1.67. The lowest BCUT2D eigenvalue weighted by Gasteiger charge is -1.95. The minimum atomic E-state index is 0.448. The van der Waals surface area contributed by atoms with Gasteiger partial charge in [0, 0.05) is 17.3 Å². The van der Waals surface area contributed by atoms with E-state index in [1.54, 1.807) is 24.3 Å². The van der Waals surface area contributed by atoms with Gasteiger partial charge in [-0.25, -0.2) is 4.98 Å². The Labute approximate surface area is 113 Å². The summed E-state index contributed by atoms with van der Waals surface area (Å²) in [4.78, 5) is 4.36. The fourth-order valence-corrected chi connectivity index (χ4v) is 1.98. The van der Waals surface area contributed by atoms with Crippen molar-refractivity contribution in [1.29, 1.82) is 0 Å². The van der Waals surface area contributed by atoms with E-state index in [1.165, 1.54) is 0 Å². The van der Waals surface area contributed by atoms with E-state index in [1.807, 2.05) is 12.1 Å². The second-order valence-electron chi connectivity index (χ2n) is 3.88. The lowest BCUT2D eigenvalue weighted by Crippen LogP contribution is -1.83. The number of oxazole rings is 1. The van der Waals surface area contributed by atoms with Crippen LogP contribution < -0.4 is 5.73 Å². The van der Waals surface area contributed by atoms with Crippen LogP contribution in [0.15, 0.2) is 40.8 Å². The first kappa shape index (κ1) is 11.4. The molecule has 0 fully saturated rings. The first-order valence-corrected chi connectivity index (χ1v) is 6.00. The third kappa shape index (κ3) is 1.92. The number of anilines is 1. The molecule has 1 aromatic heterocycles. The summed E-state index contributed by atoms with van der Waals surface area (Å²) in [5.74, 6) is 0.517. The van der Waals surface area contributed by atoms with Crippen LogP contribution in [0.1, 0.15) is 0 Å². The molecule has 3 aromatic rings. The van der Waals surface area contributed by atoms with Crippen molar-refractivity contribution in [1.82, 2.24) is 4.98 Å². The lowest BCUT2D eigenvalue weighted by atomic mass is 10.2. The van der Waals surface area contributed by atoms with Crippen molar-refractivity contribution in [2.45, 2.75) is 0 Å². The number of halogens is 2. The topological polar surface area (TPSA) is 52.0 Å². The second-order valence-corrected chi connectivity index (χ2v) is 4.69. The Bertz CT molecular complexity index is 681. The summed E-state index contributed by atoms with van der Waals surface area (Å²) in [5, 5.41) is 0.908. The van der Waals surface area contributed by atoms with E-state index in [-0.39, 0.29) is 0 Å². The van der Waals surface area contributed by atoms with Gasteiger partial charge < -0.3 is 10.2 Å². The molecule has 2 aromatic carbocycles. The second kappa shape index (κ2) is 4.19. The molecule has 0 aliphatic heterocycles. The van der Waals surface area contributed by atoms with Gasteiger partial charge in [-0.05, 0) is 30.3 Å². The van der Waals surface area contributed by atoms with Crippen molar-refractivity contribution >= 4 is 40.0 Å². The summed E-state index contributed by atoms with van der Waals surface area (Å²) in [6.07, 6.45) is 0. The van der Waals surface area contributed by atoms with Gasteiger partial charge in [-0.15, -0.1) is 0 Å². The normalized spacial score (nSPS) is 11.0. The van der Waals surface area contributed by atoms with Gasteiger partial charge in [0.05, 0.1) is 10.0 Å². The molecule has 0 saturated carbocycles.